The summed E-state index contributed by atoms with van der Waals surface area (Å²) in [7, 11) is 4.54. The summed E-state index contributed by atoms with van der Waals surface area (Å²) in [6.07, 6.45) is 0. The van der Waals surface area contributed by atoms with Crippen LogP contribution in [-0.2, 0) is 0 Å². The van der Waals surface area contributed by atoms with Crippen LogP contribution in [0.5, 0.6) is 0 Å². The minimum absolute atomic E-state index is 0.641. The highest BCUT2D eigenvalue weighted by molar-refractivity contribution is 6.10. The molecule has 0 aliphatic carbocycles. The van der Waals surface area contributed by atoms with E-state index in [0.717, 1.165) is 39.1 Å². The van der Waals surface area contributed by atoms with Crippen molar-refractivity contribution in [3.8, 4) is 34.0 Å². The second-order valence-corrected chi connectivity index (χ2v) is 13.0. The topological polar surface area (TPSA) is 32.0 Å². The molecular formula is C45H33N4+. The minimum Gasteiger partial charge on any atom is -0.307 e. The molecule has 0 radical (unpaired) electrons. The van der Waals surface area contributed by atoms with Gasteiger partial charge in [-0.05, 0) is 47.5 Å². The van der Waals surface area contributed by atoms with Gasteiger partial charge in [0, 0.05) is 39.7 Å². The largest absolute Gasteiger partial charge is 0.307 e. The van der Waals surface area contributed by atoms with Crippen molar-refractivity contribution < 1.29 is 0 Å². The van der Waals surface area contributed by atoms with Gasteiger partial charge in [-0.2, -0.15) is 5.26 Å². The highest BCUT2D eigenvalue weighted by atomic mass is 15.4. The standard InChI is InChI=1S/C45H33N4/c1-49(2)42-24-11-10-23-41(42)47(34-15-4-3-5-16-34)45-36(20-13-25-43(45)49)32-28-26-31(27-29-32)35-19-12-14-33(30-46)44(35)48-39-21-8-6-17-37(39)38-18-7-9-22-40(38)48/h3-29H,1-2H3/q+1. The summed E-state index contributed by atoms with van der Waals surface area (Å²) >= 11 is 0. The van der Waals surface area contributed by atoms with Crippen LogP contribution in [0.1, 0.15) is 5.56 Å². The maximum Gasteiger partial charge on any atom is 0.162 e. The number of aromatic nitrogens is 1. The molecule has 232 valence electrons. The minimum atomic E-state index is 0.641. The first kappa shape index (κ1) is 28.8. The number of quaternary nitrogens is 1. The second kappa shape index (κ2) is 11.1. The van der Waals surface area contributed by atoms with Gasteiger partial charge in [0.05, 0.1) is 36.4 Å². The molecule has 0 fully saturated rings. The summed E-state index contributed by atoms with van der Waals surface area (Å²) in [6, 6.07) is 60.3. The Labute approximate surface area is 286 Å². The van der Waals surface area contributed by atoms with Gasteiger partial charge >= 0.3 is 0 Å². The Kier molecular flexibility index (Phi) is 6.52. The number of anilines is 3. The average Bonchev–Trinajstić information content (AvgIpc) is 3.49. The third-order valence-corrected chi connectivity index (χ3v) is 10.0. The Balaban J connectivity index is 1.23. The third-order valence-electron chi connectivity index (χ3n) is 10.0. The van der Waals surface area contributed by atoms with Gasteiger partial charge in [-0.15, -0.1) is 0 Å². The quantitative estimate of drug-likeness (QED) is 0.181. The molecular weight excluding hydrogens is 597 g/mol. The van der Waals surface area contributed by atoms with Crippen LogP contribution in [0.3, 0.4) is 0 Å². The lowest BCUT2D eigenvalue weighted by molar-refractivity contribution is 0.550. The van der Waals surface area contributed by atoms with Gasteiger partial charge in [0.25, 0.3) is 0 Å². The summed E-state index contributed by atoms with van der Waals surface area (Å²) in [6.45, 7) is 0. The lowest BCUT2D eigenvalue weighted by atomic mass is 9.94. The van der Waals surface area contributed by atoms with E-state index < -0.39 is 0 Å². The van der Waals surface area contributed by atoms with E-state index in [1.807, 2.05) is 12.1 Å². The molecule has 1 aliphatic rings. The van der Waals surface area contributed by atoms with E-state index in [9.17, 15) is 5.26 Å². The van der Waals surface area contributed by atoms with Gasteiger partial charge in [-0.1, -0.05) is 115 Å². The molecule has 0 saturated heterocycles. The summed E-state index contributed by atoms with van der Waals surface area (Å²) in [4.78, 5) is 2.41. The molecule has 0 N–H and O–H groups in total. The predicted octanol–water partition coefficient (Wildman–Crippen LogP) is 11.7. The zero-order chi connectivity index (χ0) is 33.1. The molecule has 8 aromatic rings. The van der Waals surface area contributed by atoms with Crippen molar-refractivity contribution in [1.82, 2.24) is 9.05 Å². The van der Waals surface area contributed by atoms with E-state index in [1.54, 1.807) is 0 Å². The molecule has 0 bridgehead atoms. The van der Waals surface area contributed by atoms with Gasteiger partial charge in [0.15, 0.2) is 11.4 Å². The number of fused-ring (bicyclic) bond motifs is 5. The number of nitriles is 1. The fourth-order valence-corrected chi connectivity index (χ4v) is 7.77. The number of nitrogens with zero attached hydrogens (tertiary/aromatic N) is 4. The molecule has 0 saturated carbocycles. The highest BCUT2D eigenvalue weighted by Gasteiger charge is 2.39. The fourth-order valence-electron chi connectivity index (χ4n) is 7.77. The molecule has 4 nitrogen and oxygen atoms in total. The van der Waals surface area contributed by atoms with E-state index >= 15 is 0 Å². The van der Waals surface area contributed by atoms with Crippen LogP contribution in [0.4, 0.5) is 28.4 Å². The number of hydrogen-bond donors (Lipinski definition) is 0. The summed E-state index contributed by atoms with van der Waals surface area (Å²) < 4.78 is 2.90. The van der Waals surface area contributed by atoms with Crippen molar-refractivity contribution in [1.29, 1.82) is 5.26 Å². The zero-order valence-corrected chi connectivity index (χ0v) is 27.4. The number of benzene rings is 7. The van der Waals surface area contributed by atoms with Crippen molar-refractivity contribution in [3.05, 3.63) is 169 Å². The van der Waals surface area contributed by atoms with E-state index in [1.165, 1.54) is 39.1 Å². The van der Waals surface area contributed by atoms with Crippen LogP contribution in [0.2, 0.25) is 0 Å². The SMILES string of the molecule is C[N+]1(C)c2ccccc2N(c2ccccc2)c2c(-c3ccc(-c4cccc(C#N)c4-n4c5ccccc5c5ccccc54)cc3)cccc21. The molecule has 1 aliphatic heterocycles. The van der Waals surface area contributed by atoms with Crippen molar-refractivity contribution in [2.75, 3.05) is 19.0 Å². The summed E-state index contributed by atoms with van der Waals surface area (Å²) in [5.74, 6) is 0. The van der Waals surface area contributed by atoms with Gasteiger partial charge < -0.3 is 4.57 Å². The highest BCUT2D eigenvalue weighted by Crippen LogP contribution is 2.56. The zero-order valence-electron chi connectivity index (χ0n) is 27.4. The first-order chi connectivity index (χ1) is 24.1. The molecule has 0 atom stereocenters. The first-order valence-electron chi connectivity index (χ1n) is 16.6. The van der Waals surface area contributed by atoms with E-state index in [0.29, 0.717) is 10.0 Å². The van der Waals surface area contributed by atoms with Crippen molar-refractivity contribution in [2.45, 2.75) is 0 Å². The molecule has 4 heteroatoms. The van der Waals surface area contributed by atoms with E-state index in [-0.39, 0.29) is 0 Å². The van der Waals surface area contributed by atoms with Crippen LogP contribution in [0.25, 0.3) is 49.7 Å². The maximum atomic E-state index is 10.4. The lowest BCUT2D eigenvalue weighted by Crippen LogP contribution is -2.39. The molecule has 7 aromatic carbocycles. The molecule has 9 rings (SSSR count). The van der Waals surface area contributed by atoms with Gasteiger partial charge in [-0.3, -0.25) is 9.38 Å². The maximum absolute atomic E-state index is 10.4. The lowest BCUT2D eigenvalue weighted by Gasteiger charge is -2.42. The van der Waals surface area contributed by atoms with E-state index in [2.05, 4.69) is 181 Å². The van der Waals surface area contributed by atoms with Gasteiger partial charge in [0.1, 0.15) is 17.4 Å². The van der Waals surface area contributed by atoms with Crippen LogP contribution in [0.15, 0.2) is 164 Å². The molecule has 2 heterocycles. The van der Waals surface area contributed by atoms with Crippen LogP contribution >= 0.6 is 0 Å². The number of para-hydroxylation sites is 7. The van der Waals surface area contributed by atoms with Crippen molar-refractivity contribution in [2.24, 2.45) is 0 Å². The van der Waals surface area contributed by atoms with Crippen LogP contribution < -0.4 is 9.38 Å². The van der Waals surface area contributed by atoms with E-state index in [4.69, 9.17) is 0 Å². The second-order valence-electron chi connectivity index (χ2n) is 13.0. The molecule has 49 heavy (non-hydrogen) atoms. The Hall–Kier alpha value is -6.41. The Bertz CT molecular complexity index is 2530. The third kappa shape index (κ3) is 4.34. The van der Waals surface area contributed by atoms with Gasteiger partial charge in [-0.25, -0.2) is 0 Å². The van der Waals surface area contributed by atoms with Crippen LogP contribution in [-0.4, -0.2) is 18.7 Å². The molecule has 0 spiro atoms. The average molecular weight is 630 g/mol. The molecule has 1 aromatic heterocycles. The van der Waals surface area contributed by atoms with Crippen LogP contribution in [0, 0.1) is 11.3 Å². The van der Waals surface area contributed by atoms with Gasteiger partial charge in [0.2, 0.25) is 0 Å². The smallest absolute Gasteiger partial charge is 0.162 e. The monoisotopic (exact) mass is 629 g/mol. The number of rotatable bonds is 4. The molecule has 0 unspecified atom stereocenters. The summed E-state index contributed by atoms with van der Waals surface area (Å²) in [5, 5.41) is 12.7. The Morgan fingerprint density at radius 3 is 1.67 bits per heavy atom. The predicted molar refractivity (Wildman–Crippen MR) is 204 cm³/mol. The van der Waals surface area contributed by atoms with Crippen molar-refractivity contribution >= 4 is 50.2 Å². The normalized spacial score (nSPS) is 13.2. The first-order valence-corrected chi connectivity index (χ1v) is 16.6. The number of hydrogen-bond acceptors (Lipinski definition) is 2. The van der Waals surface area contributed by atoms with Crippen molar-refractivity contribution in [3.63, 3.8) is 0 Å². The molecule has 0 amide bonds. The fraction of sp³-hybridized carbons (Fsp3) is 0.0444. The Morgan fingerprint density at radius 1 is 0.490 bits per heavy atom. The Morgan fingerprint density at radius 2 is 1.02 bits per heavy atom. The summed E-state index contributed by atoms with van der Waals surface area (Å²) in [5.41, 5.74) is 14.1.